The first kappa shape index (κ1) is 14.1. The largest absolute Gasteiger partial charge is 0.326 e. The average Bonchev–Trinajstić information content (AvgIpc) is 2.37. The molecule has 17 heavy (non-hydrogen) atoms. The lowest BCUT2D eigenvalue weighted by Crippen LogP contribution is -2.39. The Morgan fingerprint density at radius 1 is 1.35 bits per heavy atom. The van der Waals surface area contributed by atoms with Crippen LogP contribution in [-0.4, -0.2) is 29.5 Å². The van der Waals surface area contributed by atoms with E-state index in [4.69, 9.17) is 5.73 Å². The van der Waals surface area contributed by atoms with Crippen molar-refractivity contribution >= 4 is 0 Å². The molecule has 0 aliphatic rings. The Hall–Kier alpha value is -0.930. The lowest BCUT2D eigenvalue weighted by Gasteiger charge is -2.31. The molecule has 0 aliphatic heterocycles. The van der Waals surface area contributed by atoms with Crippen LogP contribution < -0.4 is 5.73 Å². The quantitative estimate of drug-likeness (QED) is 0.790. The SMILES string of the molecule is CCCCN(C)C(c1ccccn1)C(N)CC. The van der Waals surface area contributed by atoms with Crippen molar-refractivity contribution in [1.82, 2.24) is 9.88 Å². The third-order valence-corrected chi connectivity index (χ3v) is 3.21. The van der Waals surface area contributed by atoms with E-state index in [1.807, 2.05) is 18.3 Å². The van der Waals surface area contributed by atoms with Crippen LogP contribution in [0.15, 0.2) is 24.4 Å². The van der Waals surface area contributed by atoms with Crippen LogP contribution in [0.2, 0.25) is 0 Å². The molecule has 0 aliphatic carbocycles. The van der Waals surface area contributed by atoms with Crippen LogP contribution in [-0.2, 0) is 0 Å². The second-order valence-corrected chi connectivity index (χ2v) is 4.61. The Bertz CT molecular complexity index is 300. The van der Waals surface area contributed by atoms with Gasteiger partial charge >= 0.3 is 0 Å². The summed E-state index contributed by atoms with van der Waals surface area (Å²) in [6, 6.07) is 6.43. The van der Waals surface area contributed by atoms with Gasteiger partial charge in [-0.2, -0.15) is 0 Å². The summed E-state index contributed by atoms with van der Waals surface area (Å²) in [6.07, 6.45) is 5.23. The van der Waals surface area contributed by atoms with Crippen LogP contribution in [0.5, 0.6) is 0 Å². The van der Waals surface area contributed by atoms with Gasteiger partial charge in [-0.05, 0) is 38.6 Å². The van der Waals surface area contributed by atoms with Crippen molar-refractivity contribution in [3.05, 3.63) is 30.1 Å². The topological polar surface area (TPSA) is 42.2 Å². The molecular formula is C14H25N3. The molecule has 1 aromatic rings. The highest BCUT2D eigenvalue weighted by Gasteiger charge is 2.23. The molecule has 0 spiro atoms. The molecule has 2 atom stereocenters. The third-order valence-electron chi connectivity index (χ3n) is 3.21. The normalized spacial score (nSPS) is 14.9. The summed E-state index contributed by atoms with van der Waals surface area (Å²) in [7, 11) is 2.14. The molecule has 0 saturated carbocycles. The molecule has 1 rings (SSSR count). The molecule has 0 fully saturated rings. The lowest BCUT2D eigenvalue weighted by atomic mass is 10.0. The van der Waals surface area contributed by atoms with Crippen LogP contribution >= 0.6 is 0 Å². The standard InChI is InChI=1S/C14H25N3/c1-4-6-11-17(3)14(12(15)5-2)13-9-7-8-10-16-13/h7-10,12,14H,4-6,11,15H2,1-3H3. The van der Waals surface area contributed by atoms with Gasteiger partial charge in [0.25, 0.3) is 0 Å². The van der Waals surface area contributed by atoms with Gasteiger partial charge in [-0.15, -0.1) is 0 Å². The number of hydrogen-bond acceptors (Lipinski definition) is 3. The van der Waals surface area contributed by atoms with Crippen LogP contribution in [0.1, 0.15) is 44.8 Å². The summed E-state index contributed by atoms with van der Waals surface area (Å²) in [4.78, 5) is 6.79. The first-order valence-corrected chi connectivity index (χ1v) is 6.57. The summed E-state index contributed by atoms with van der Waals surface area (Å²) in [6.45, 7) is 5.42. The molecule has 0 saturated heterocycles. The van der Waals surface area contributed by atoms with Crippen LogP contribution in [0.3, 0.4) is 0 Å². The Labute approximate surface area is 105 Å². The van der Waals surface area contributed by atoms with Crippen molar-refractivity contribution in [3.8, 4) is 0 Å². The van der Waals surface area contributed by atoms with Gasteiger partial charge in [0.15, 0.2) is 0 Å². The van der Waals surface area contributed by atoms with Gasteiger partial charge in [-0.25, -0.2) is 0 Å². The summed E-state index contributed by atoms with van der Waals surface area (Å²) < 4.78 is 0. The van der Waals surface area contributed by atoms with Gasteiger partial charge < -0.3 is 5.73 Å². The Balaban J connectivity index is 2.80. The van der Waals surface area contributed by atoms with Crippen molar-refractivity contribution < 1.29 is 0 Å². The first-order valence-electron chi connectivity index (χ1n) is 6.57. The Morgan fingerprint density at radius 3 is 2.65 bits per heavy atom. The van der Waals surface area contributed by atoms with Crippen molar-refractivity contribution in [3.63, 3.8) is 0 Å². The maximum atomic E-state index is 6.24. The predicted molar refractivity (Wildman–Crippen MR) is 72.8 cm³/mol. The maximum absolute atomic E-state index is 6.24. The number of likely N-dealkylation sites (N-methyl/N-ethyl adjacent to an activating group) is 1. The third kappa shape index (κ3) is 4.10. The van der Waals surface area contributed by atoms with Crippen molar-refractivity contribution in [2.24, 2.45) is 5.73 Å². The van der Waals surface area contributed by atoms with E-state index in [0.717, 1.165) is 18.7 Å². The molecular weight excluding hydrogens is 210 g/mol. The van der Waals surface area contributed by atoms with Gasteiger partial charge in [-0.1, -0.05) is 26.3 Å². The minimum Gasteiger partial charge on any atom is -0.326 e. The first-order chi connectivity index (χ1) is 8.20. The Kier molecular flexibility index (Phi) is 6.16. The lowest BCUT2D eigenvalue weighted by molar-refractivity contribution is 0.202. The number of nitrogens with zero attached hydrogens (tertiary/aromatic N) is 2. The molecule has 0 aromatic carbocycles. The molecule has 3 nitrogen and oxygen atoms in total. The smallest absolute Gasteiger partial charge is 0.0671 e. The number of unbranched alkanes of at least 4 members (excludes halogenated alkanes) is 1. The van der Waals surface area contributed by atoms with Crippen LogP contribution in [0.25, 0.3) is 0 Å². The van der Waals surface area contributed by atoms with Crippen molar-refractivity contribution in [2.45, 2.75) is 45.2 Å². The minimum atomic E-state index is 0.145. The summed E-state index contributed by atoms with van der Waals surface area (Å²) in [5.74, 6) is 0. The van der Waals surface area contributed by atoms with Crippen molar-refractivity contribution in [1.29, 1.82) is 0 Å². The fourth-order valence-corrected chi connectivity index (χ4v) is 2.09. The second kappa shape index (κ2) is 7.41. The molecule has 0 bridgehead atoms. The minimum absolute atomic E-state index is 0.145. The molecule has 3 heteroatoms. The van der Waals surface area contributed by atoms with Gasteiger partial charge in [0.2, 0.25) is 0 Å². The van der Waals surface area contributed by atoms with E-state index < -0.39 is 0 Å². The average molecular weight is 235 g/mol. The second-order valence-electron chi connectivity index (χ2n) is 4.61. The molecule has 1 heterocycles. The highest BCUT2D eigenvalue weighted by atomic mass is 15.2. The molecule has 0 radical (unpaired) electrons. The highest BCUT2D eigenvalue weighted by Crippen LogP contribution is 2.22. The molecule has 96 valence electrons. The predicted octanol–water partition coefficient (Wildman–Crippen LogP) is 2.59. The Morgan fingerprint density at radius 2 is 2.12 bits per heavy atom. The van der Waals surface area contributed by atoms with E-state index in [-0.39, 0.29) is 12.1 Å². The van der Waals surface area contributed by atoms with Gasteiger partial charge in [0.1, 0.15) is 0 Å². The van der Waals surface area contributed by atoms with Gasteiger partial charge in [0.05, 0.1) is 11.7 Å². The maximum Gasteiger partial charge on any atom is 0.0671 e. The van der Waals surface area contributed by atoms with Crippen LogP contribution in [0, 0.1) is 0 Å². The molecule has 1 aromatic heterocycles. The zero-order valence-electron chi connectivity index (χ0n) is 11.3. The monoisotopic (exact) mass is 235 g/mol. The van der Waals surface area contributed by atoms with Crippen LogP contribution in [0.4, 0.5) is 0 Å². The molecule has 2 unspecified atom stereocenters. The van der Waals surface area contributed by atoms with Gasteiger partial charge in [0, 0.05) is 12.2 Å². The number of rotatable bonds is 7. The molecule has 2 N–H and O–H groups in total. The zero-order valence-corrected chi connectivity index (χ0v) is 11.3. The number of nitrogens with two attached hydrogens (primary N) is 1. The summed E-state index contributed by atoms with van der Waals surface area (Å²) in [5, 5.41) is 0. The summed E-state index contributed by atoms with van der Waals surface area (Å²) in [5.41, 5.74) is 7.32. The molecule has 0 amide bonds. The number of aromatic nitrogens is 1. The van der Waals surface area contributed by atoms with E-state index in [1.165, 1.54) is 12.8 Å². The number of pyridine rings is 1. The van der Waals surface area contributed by atoms with E-state index >= 15 is 0 Å². The van der Waals surface area contributed by atoms with E-state index in [2.05, 4.69) is 36.8 Å². The van der Waals surface area contributed by atoms with Gasteiger partial charge in [-0.3, -0.25) is 9.88 Å². The van der Waals surface area contributed by atoms with Crippen molar-refractivity contribution in [2.75, 3.05) is 13.6 Å². The van der Waals surface area contributed by atoms with E-state index in [0.29, 0.717) is 0 Å². The summed E-state index contributed by atoms with van der Waals surface area (Å²) >= 11 is 0. The van der Waals surface area contributed by atoms with E-state index in [9.17, 15) is 0 Å². The highest BCUT2D eigenvalue weighted by molar-refractivity contribution is 5.11. The van der Waals surface area contributed by atoms with E-state index in [1.54, 1.807) is 0 Å². The fourth-order valence-electron chi connectivity index (χ4n) is 2.09. The fraction of sp³-hybridized carbons (Fsp3) is 0.643. The zero-order chi connectivity index (χ0) is 12.7. The number of hydrogen-bond donors (Lipinski definition) is 1.